The van der Waals surface area contributed by atoms with Crippen molar-refractivity contribution < 1.29 is 0 Å². The van der Waals surface area contributed by atoms with Crippen molar-refractivity contribution in [1.29, 1.82) is 0 Å². The molecule has 0 spiro atoms. The summed E-state index contributed by atoms with van der Waals surface area (Å²) >= 11 is 5.50. The molecule has 0 bridgehead atoms. The van der Waals surface area contributed by atoms with Crippen LogP contribution in [0.1, 0.15) is 58.3 Å². The molecule has 0 atom stereocenters. The first kappa shape index (κ1) is 17.5. The van der Waals surface area contributed by atoms with Crippen LogP contribution in [0.3, 0.4) is 0 Å². The van der Waals surface area contributed by atoms with Crippen molar-refractivity contribution in [1.82, 2.24) is 5.32 Å². The molecule has 1 saturated carbocycles. The first-order valence-corrected chi connectivity index (χ1v) is 9.95. The van der Waals surface area contributed by atoms with Crippen LogP contribution in [0.4, 0.5) is 0 Å². The Labute approximate surface area is 143 Å². The van der Waals surface area contributed by atoms with Crippen molar-refractivity contribution in [2.24, 2.45) is 16.7 Å². The van der Waals surface area contributed by atoms with Crippen LogP contribution in [-0.4, -0.2) is 13.1 Å². The lowest BCUT2D eigenvalue weighted by Crippen LogP contribution is -2.41. The highest BCUT2D eigenvalue weighted by Crippen LogP contribution is 2.47. The summed E-state index contributed by atoms with van der Waals surface area (Å²) in [5, 5.41) is 5.85. The highest BCUT2D eigenvalue weighted by Gasteiger charge is 2.38. The Morgan fingerprint density at radius 1 is 1.33 bits per heavy atom. The van der Waals surface area contributed by atoms with Crippen molar-refractivity contribution in [3.63, 3.8) is 0 Å². The zero-order valence-corrected chi connectivity index (χ0v) is 16.4. The van der Waals surface area contributed by atoms with E-state index < -0.39 is 0 Å². The molecule has 21 heavy (non-hydrogen) atoms. The minimum Gasteiger partial charge on any atom is -0.316 e. The van der Waals surface area contributed by atoms with E-state index >= 15 is 0 Å². The molecule has 0 saturated heterocycles. The third-order valence-corrected chi connectivity index (χ3v) is 6.89. The average Bonchev–Trinajstić information content (AvgIpc) is 2.81. The molecular formula is C18H30BrNS. The minimum absolute atomic E-state index is 0.469. The van der Waals surface area contributed by atoms with Gasteiger partial charge in [0.2, 0.25) is 0 Å². The Bertz CT molecular complexity index is 438. The largest absolute Gasteiger partial charge is 0.316 e. The Hall–Kier alpha value is 0.140. The number of rotatable bonds is 5. The summed E-state index contributed by atoms with van der Waals surface area (Å²) in [7, 11) is 0. The van der Waals surface area contributed by atoms with Crippen LogP contribution in [0.5, 0.6) is 0 Å². The van der Waals surface area contributed by atoms with E-state index in [1.165, 1.54) is 48.0 Å². The molecular weight excluding hydrogens is 342 g/mol. The normalized spacial score (nSPS) is 27.0. The highest BCUT2D eigenvalue weighted by molar-refractivity contribution is 9.10. The summed E-state index contributed by atoms with van der Waals surface area (Å²) in [6, 6.07) is 2.31. The predicted octanol–water partition coefficient (Wildman–Crippen LogP) is 5.89. The molecule has 1 aromatic rings. The summed E-state index contributed by atoms with van der Waals surface area (Å²) < 4.78 is 1.24. The van der Waals surface area contributed by atoms with Crippen LogP contribution in [-0.2, 0) is 6.42 Å². The second-order valence-electron chi connectivity index (χ2n) is 7.83. The first-order chi connectivity index (χ1) is 9.85. The van der Waals surface area contributed by atoms with Gasteiger partial charge in [-0.1, -0.05) is 27.7 Å². The molecule has 0 unspecified atom stereocenters. The van der Waals surface area contributed by atoms with E-state index in [1.54, 1.807) is 0 Å². The Balaban J connectivity index is 2.05. The van der Waals surface area contributed by atoms with Gasteiger partial charge in [0.25, 0.3) is 0 Å². The topological polar surface area (TPSA) is 12.0 Å². The summed E-state index contributed by atoms with van der Waals surface area (Å²) in [5.41, 5.74) is 0.943. The second kappa shape index (κ2) is 7.14. The van der Waals surface area contributed by atoms with Crippen LogP contribution in [0.15, 0.2) is 15.9 Å². The van der Waals surface area contributed by atoms with Gasteiger partial charge in [-0.25, -0.2) is 0 Å². The van der Waals surface area contributed by atoms with E-state index in [9.17, 15) is 0 Å². The maximum absolute atomic E-state index is 3.63. The van der Waals surface area contributed by atoms with Crippen molar-refractivity contribution in [2.75, 3.05) is 13.1 Å². The fourth-order valence-corrected chi connectivity index (χ4v) is 5.34. The SMILES string of the molecule is CCNCC1(Cc2cc(Br)cs2)CCC(C(C)(C)C)CC1. The van der Waals surface area contributed by atoms with Gasteiger partial charge in [-0.2, -0.15) is 0 Å². The van der Waals surface area contributed by atoms with Crippen LogP contribution < -0.4 is 5.32 Å². The van der Waals surface area contributed by atoms with Crippen molar-refractivity contribution in [3.8, 4) is 0 Å². The van der Waals surface area contributed by atoms with Gasteiger partial charge < -0.3 is 5.32 Å². The summed E-state index contributed by atoms with van der Waals surface area (Å²) in [6.07, 6.45) is 6.77. The van der Waals surface area contributed by atoms with Gasteiger partial charge in [0, 0.05) is 21.3 Å². The van der Waals surface area contributed by atoms with Crippen LogP contribution in [0.2, 0.25) is 0 Å². The number of halogens is 1. The number of hydrogen-bond donors (Lipinski definition) is 1. The lowest BCUT2D eigenvalue weighted by molar-refractivity contribution is 0.0871. The number of nitrogens with one attached hydrogen (secondary N) is 1. The van der Waals surface area contributed by atoms with E-state index in [2.05, 4.69) is 60.4 Å². The monoisotopic (exact) mass is 371 g/mol. The lowest BCUT2D eigenvalue weighted by atomic mass is 9.63. The second-order valence-corrected chi connectivity index (χ2v) is 9.74. The van der Waals surface area contributed by atoms with Crippen molar-refractivity contribution in [3.05, 3.63) is 20.8 Å². The standard InChI is InChI=1S/C18H30BrNS/c1-5-20-13-18(11-16-10-15(19)12-21-16)8-6-14(7-9-18)17(2,3)4/h10,12,14,20H,5-9,11,13H2,1-4H3. The predicted molar refractivity (Wildman–Crippen MR) is 98.1 cm³/mol. The molecule has 1 N–H and O–H groups in total. The fourth-order valence-electron chi connectivity index (χ4n) is 3.72. The molecule has 1 aromatic heterocycles. The molecule has 1 aliphatic carbocycles. The third kappa shape index (κ3) is 4.80. The molecule has 2 rings (SSSR count). The zero-order chi connectivity index (χ0) is 15.5. The zero-order valence-electron chi connectivity index (χ0n) is 14.0. The van der Waals surface area contributed by atoms with E-state index in [0.717, 1.165) is 12.5 Å². The average molecular weight is 372 g/mol. The van der Waals surface area contributed by atoms with Crippen LogP contribution in [0, 0.1) is 16.7 Å². The van der Waals surface area contributed by atoms with Gasteiger partial charge in [0.15, 0.2) is 0 Å². The van der Waals surface area contributed by atoms with Gasteiger partial charge in [-0.15, -0.1) is 11.3 Å². The van der Waals surface area contributed by atoms with Crippen LogP contribution in [0.25, 0.3) is 0 Å². The molecule has 1 heterocycles. The molecule has 120 valence electrons. The van der Waals surface area contributed by atoms with Crippen LogP contribution >= 0.6 is 27.3 Å². The summed E-state index contributed by atoms with van der Waals surface area (Å²) in [5.74, 6) is 0.891. The highest BCUT2D eigenvalue weighted by atomic mass is 79.9. The first-order valence-electron chi connectivity index (χ1n) is 8.28. The van der Waals surface area contributed by atoms with E-state index in [4.69, 9.17) is 0 Å². The van der Waals surface area contributed by atoms with Crippen molar-refractivity contribution >= 4 is 27.3 Å². The smallest absolute Gasteiger partial charge is 0.0285 e. The maximum atomic E-state index is 3.63. The summed E-state index contributed by atoms with van der Waals surface area (Å²) in [4.78, 5) is 1.54. The van der Waals surface area contributed by atoms with Gasteiger partial charge >= 0.3 is 0 Å². The Kier molecular flexibility index (Phi) is 5.95. The van der Waals surface area contributed by atoms with E-state index in [1.807, 2.05) is 11.3 Å². The van der Waals surface area contributed by atoms with Crippen molar-refractivity contribution in [2.45, 2.75) is 59.8 Å². The maximum Gasteiger partial charge on any atom is 0.0285 e. The molecule has 1 nitrogen and oxygen atoms in total. The van der Waals surface area contributed by atoms with Gasteiger partial charge in [-0.05, 0) is 77.4 Å². The molecule has 0 amide bonds. The molecule has 0 aromatic carbocycles. The lowest BCUT2D eigenvalue weighted by Gasteiger charge is -2.44. The summed E-state index contributed by atoms with van der Waals surface area (Å²) in [6.45, 7) is 11.7. The van der Waals surface area contributed by atoms with E-state index in [0.29, 0.717) is 10.8 Å². The minimum atomic E-state index is 0.469. The molecule has 3 heteroatoms. The van der Waals surface area contributed by atoms with Gasteiger partial charge in [0.05, 0.1) is 0 Å². The quantitative estimate of drug-likeness (QED) is 0.680. The number of thiophene rings is 1. The number of hydrogen-bond acceptors (Lipinski definition) is 2. The molecule has 0 radical (unpaired) electrons. The van der Waals surface area contributed by atoms with Gasteiger partial charge in [0.1, 0.15) is 0 Å². The molecule has 0 aliphatic heterocycles. The fraction of sp³-hybridized carbons (Fsp3) is 0.778. The Morgan fingerprint density at radius 2 is 2.00 bits per heavy atom. The Morgan fingerprint density at radius 3 is 2.48 bits per heavy atom. The molecule has 1 aliphatic rings. The third-order valence-electron chi connectivity index (χ3n) is 5.19. The molecule has 1 fully saturated rings. The van der Waals surface area contributed by atoms with Gasteiger partial charge in [-0.3, -0.25) is 0 Å². The van der Waals surface area contributed by atoms with E-state index in [-0.39, 0.29) is 0 Å².